The minimum atomic E-state index is -0.0898. The van der Waals surface area contributed by atoms with Crippen molar-refractivity contribution in [1.82, 2.24) is 5.43 Å². The molecule has 0 atom stereocenters. The van der Waals surface area contributed by atoms with Crippen LogP contribution in [0.25, 0.3) is 0 Å². The lowest BCUT2D eigenvalue weighted by Gasteiger charge is -2.09. The fourth-order valence-corrected chi connectivity index (χ4v) is 2.31. The van der Waals surface area contributed by atoms with E-state index in [1.807, 2.05) is 56.3 Å². The standard InChI is InChI=1S/C19H22N2O2/c1-14-15(2)18(23-3)11-10-17(14)13-20-21-19(22)12-9-16-7-5-4-6-8-16/h4-8,10-11,13H,9,12H2,1-3H3,(H,21,22)/b20-13-. The smallest absolute Gasteiger partial charge is 0.240 e. The molecule has 0 unspecified atom stereocenters. The highest BCUT2D eigenvalue weighted by Gasteiger charge is 2.05. The Morgan fingerprint density at radius 3 is 2.57 bits per heavy atom. The van der Waals surface area contributed by atoms with Gasteiger partial charge in [0, 0.05) is 6.42 Å². The maximum atomic E-state index is 11.8. The van der Waals surface area contributed by atoms with Crippen LogP contribution in [0, 0.1) is 13.8 Å². The van der Waals surface area contributed by atoms with Gasteiger partial charge < -0.3 is 4.74 Å². The summed E-state index contributed by atoms with van der Waals surface area (Å²) in [5.74, 6) is 0.763. The van der Waals surface area contributed by atoms with Crippen LogP contribution in [0.5, 0.6) is 5.75 Å². The molecule has 4 heteroatoms. The molecule has 0 saturated carbocycles. The van der Waals surface area contributed by atoms with Crippen molar-refractivity contribution < 1.29 is 9.53 Å². The second-order valence-electron chi connectivity index (χ2n) is 5.39. The van der Waals surface area contributed by atoms with E-state index in [0.29, 0.717) is 12.8 Å². The van der Waals surface area contributed by atoms with E-state index in [9.17, 15) is 4.79 Å². The molecule has 2 aromatic carbocycles. The number of hydrazone groups is 1. The molecule has 0 saturated heterocycles. The molecule has 0 fully saturated rings. The maximum Gasteiger partial charge on any atom is 0.240 e. The molecule has 0 heterocycles. The Labute approximate surface area is 137 Å². The first-order valence-corrected chi connectivity index (χ1v) is 7.62. The molecule has 0 aliphatic heterocycles. The number of ether oxygens (including phenoxy) is 1. The summed E-state index contributed by atoms with van der Waals surface area (Å²) in [5, 5.41) is 4.05. The molecular weight excluding hydrogens is 288 g/mol. The highest BCUT2D eigenvalue weighted by atomic mass is 16.5. The lowest BCUT2D eigenvalue weighted by Crippen LogP contribution is -2.18. The first-order valence-electron chi connectivity index (χ1n) is 7.62. The van der Waals surface area contributed by atoms with E-state index in [-0.39, 0.29) is 5.91 Å². The molecule has 23 heavy (non-hydrogen) atoms. The van der Waals surface area contributed by atoms with Crippen LogP contribution in [-0.2, 0) is 11.2 Å². The number of hydrogen-bond donors (Lipinski definition) is 1. The molecule has 0 spiro atoms. The Kier molecular flexibility index (Phi) is 5.92. The van der Waals surface area contributed by atoms with Crippen molar-refractivity contribution in [3.63, 3.8) is 0 Å². The minimum Gasteiger partial charge on any atom is -0.496 e. The first-order chi connectivity index (χ1) is 11.1. The molecule has 2 aromatic rings. The normalized spacial score (nSPS) is 10.7. The van der Waals surface area contributed by atoms with Gasteiger partial charge in [-0.25, -0.2) is 5.43 Å². The van der Waals surface area contributed by atoms with Crippen LogP contribution in [0.2, 0.25) is 0 Å². The molecule has 0 aromatic heterocycles. The first kappa shape index (κ1) is 16.7. The number of amides is 1. The fraction of sp³-hybridized carbons (Fsp3) is 0.263. The zero-order valence-electron chi connectivity index (χ0n) is 13.8. The predicted molar refractivity (Wildman–Crippen MR) is 93.0 cm³/mol. The molecule has 0 aliphatic rings. The Bertz CT molecular complexity index is 694. The largest absolute Gasteiger partial charge is 0.496 e. The number of aryl methyl sites for hydroxylation is 1. The molecule has 0 bridgehead atoms. The zero-order chi connectivity index (χ0) is 16.7. The van der Waals surface area contributed by atoms with Crippen molar-refractivity contribution in [2.45, 2.75) is 26.7 Å². The summed E-state index contributed by atoms with van der Waals surface area (Å²) in [6, 6.07) is 13.8. The maximum absolute atomic E-state index is 11.8. The highest BCUT2D eigenvalue weighted by Crippen LogP contribution is 2.22. The summed E-state index contributed by atoms with van der Waals surface area (Å²) in [6.45, 7) is 4.01. The number of carbonyl (C=O) groups is 1. The Morgan fingerprint density at radius 2 is 1.87 bits per heavy atom. The summed E-state index contributed by atoms with van der Waals surface area (Å²) in [6.07, 6.45) is 2.80. The third kappa shape index (κ3) is 4.68. The van der Waals surface area contributed by atoms with Crippen LogP contribution in [0.4, 0.5) is 0 Å². The summed E-state index contributed by atoms with van der Waals surface area (Å²) >= 11 is 0. The fourth-order valence-electron chi connectivity index (χ4n) is 2.31. The van der Waals surface area contributed by atoms with Crippen LogP contribution < -0.4 is 10.2 Å². The van der Waals surface area contributed by atoms with Crippen molar-refractivity contribution >= 4 is 12.1 Å². The van der Waals surface area contributed by atoms with Gasteiger partial charge in [0.1, 0.15) is 5.75 Å². The Hall–Kier alpha value is -2.62. The van der Waals surface area contributed by atoms with Gasteiger partial charge in [0.2, 0.25) is 5.91 Å². The third-order valence-corrected chi connectivity index (χ3v) is 3.88. The van der Waals surface area contributed by atoms with Crippen LogP contribution in [-0.4, -0.2) is 19.2 Å². The van der Waals surface area contributed by atoms with E-state index in [1.165, 1.54) is 0 Å². The van der Waals surface area contributed by atoms with Gasteiger partial charge in [-0.3, -0.25) is 4.79 Å². The van der Waals surface area contributed by atoms with Crippen LogP contribution in [0.15, 0.2) is 47.6 Å². The van der Waals surface area contributed by atoms with E-state index in [1.54, 1.807) is 13.3 Å². The van der Waals surface area contributed by atoms with E-state index in [0.717, 1.165) is 28.0 Å². The quantitative estimate of drug-likeness (QED) is 0.657. The average molecular weight is 310 g/mol. The van der Waals surface area contributed by atoms with Gasteiger partial charge in [0.25, 0.3) is 0 Å². The number of carbonyl (C=O) groups excluding carboxylic acids is 1. The van der Waals surface area contributed by atoms with Crippen molar-refractivity contribution in [2.24, 2.45) is 5.10 Å². The second-order valence-corrected chi connectivity index (χ2v) is 5.39. The lowest BCUT2D eigenvalue weighted by atomic mass is 10.0. The van der Waals surface area contributed by atoms with Gasteiger partial charge in [0.05, 0.1) is 13.3 Å². The van der Waals surface area contributed by atoms with Crippen molar-refractivity contribution in [2.75, 3.05) is 7.11 Å². The number of rotatable bonds is 6. The van der Waals surface area contributed by atoms with Gasteiger partial charge in [0.15, 0.2) is 0 Å². The van der Waals surface area contributed by atoms with Crippen LogP contribution in [0.3, 0.4) is 0 Å². The van der Waals surface area contributed by atoms with E-state index < -0.39 is 0 Å². The predicted octanol–water partition coefficient (Wildman–Crippen LogP) is 3.39. The van der Waals surface area contributed by atoms with Gasteiger partial charge in [-0.1, -0.05) is 30.3 Å². The van der Waals surface area contributed by atoms with Crippen molar-refractivity contribution in [3.8, 4) is 5.75 Å². The van der Waals surface area contributed by atoms with Gasteiger partial charge >= 0.3 is 0 Å². The third-order valence-electron chi connectivity index (χ3n) is 3.88. The summed E-state index contributed by atoms with van der Waals surface area (Å²) in [5.41, 5.74) is 6.85. The molecule has 2 rings (SSSR count). The molecule has 4 nitrogen and oxygen atoms in total. The van der Waals surface area contributed by atoms with E-state index in [2.05, 4.69) is 10.5 Å². The molecule has 1 N–H and O–H groups in total. The van der Waals surface area contributed by atoms with Crippen LogP contribution in [0.1, 0.15) is 28.7 Å². The second kappa shape index (κ2) is 8.13. The average Bonchev–Trinajstić information content (AvgIpc) is 2.58. The van der Waals surface area contributed by atoms with Crippen LogP contribution >= 0.6 is 0 Å². The number of methoxy groups -OCH3 is 1. The Morgan fingerprint density at radius 1 is 1.13 bits per heavy atom. The summed E-state index contributed by atoms with van der Waals surface area (Å²) in [4.78, 5) is 11.8. The van der Waals surface area contributed by atoms with Gasteiger partial charge in [-0.2, -0.15) is 5.10 Å². The molecule has 1 amide bonds. The SMILES string of the molecule is COc1ccc(/C=N\NC(=O)CCc2ccccc2)c(C)c1C. The minimum absolute atomic E-state index is 0.0898. The number of hydrogen-bond acceptors (Lipinski definition) is 3. The Balaban J connectivity index is 1.89. The topological polar surface area (TPSA) is 50.7 Å². The number of nitrogens with one attached hydrogen (secondary N) is 1. The van der Waals surface area contributed by atoms with E-state index in [4.69, 9.17) is 4.74 Å². The van der Waals surface area contributed by atoms with Gasteiger partial charge in [-0.05, 0) is 54.7 Å². The monoisotopic (exact) mass is 310 g/mol. The molecule has 120 valence electrons. The molecule has 0 aliphatic carbocycles. The van der Waals surface area contributed by atoms with Crippen molar-refractivity contribution in [1.29, 1.82) is 0 Å². The molecular formula is C19H22N2O2. The zero-order valence-corrected chi connectivity index (χ0v) is 13.8. The summed E-state index contributed by atoms with van der Waals surface area (Å²) < 4.78 is 5.28. The molecule has 0 radical (unpaired) electrons. The van der Waals surface area contributed by atoms with Gasteiger partial charge in [-0.15, -0.1) is 0 Å². The summed E-state index contributed by atoms with van der Waals surface area (Å²) in [7, 11) is 1.66. The number of nitrogens with zero attached hydrogens (tertiary/aromatic N) is 1. The van der Waals surface area contributed by atoms with Crippen molar-refractivity contribution in [3.05, 3.63) is 64.7 Å². The number of benzene rings is 2. The highest BCUT2D eigenvalue weighted by molar-refractivity contribution is 5.84. The van der Waals surface area contributed by atoms with E-state index >= 15 is 0 Å². The lowest BCUT2D eigenvalue weighted by molar-refractivity contribution is -0.121.